The van der Waals surface area contributed by atoms with Crippen LogP contribution in [0.4, 0.5) is 5.69 Å². The second-order valence-corrected chi connectivity index (χ2v) is 5.79. The molecule has 0 aliphatic rings. The van der Waals surface area contributed by atoms with Crippen molar-refractivity contribution in [1.29, 1.82) is 0 Å². The van der Waals surface area contributed by atoms with Gasteiger partial charge in [0.25, 0.3) is 5.91 Å². The topological polar surface area (TPSA) is 52.7 Å². The summed E-state index contributed by atoms with van der Waals surface area (Å²) in [6, 6.07) is 7.37. The molecular formula is C19H31N3O2. The van der Waals surface area contributed by atoms with Gasteiger partial charge in [-0.2, -0.15) is 0 Å². The molecule has 0 heterocycles. The van der Waals surface area contributed by atoms with Crippen molar-refractivity contribution >= 4 is 17.5 Å². The average Bonchev–Trinajstić information content (AvgIpc) is 2.60. The molecule has 5 nitrogen and oxygen atoms in total. The van der Waals surface area contributed by atoms with Gasteiger partial charge in [0.2, 0.25) is 5.91 Å². The summed E-state index contributed by atoms with van der Waals surface area (Å²) in [5.74, 6) is 0.154. The van der Waals surface area contributed by atoms with Crippen molar-refractivity contribution in [3.63, 3.8) is 0 Å². The van der Waals surface area contributed by atoms with Gasteiger partial charge in [-0.3, -0.25) is 9.59 Å². The predicted molar refractivity (Wildman–Crippen MR) is 99.3 cm³/mol. The van der Waals surface area contributed by atoms with E-state index < -0.39 is 0 Å². The van der Waals surface area contributed by atoms with Crippen LogP contribution in [0, 0.1) is 0 Å². The summed E-state index contributed by atoms with van der Waals surface area (Å²) in [4.78, 5) is 28.2. The average molecular weight is 333 g/mol. The normalized spacial score (nSPS) is 10.3. The minimum atomic E-state index is 0.0736. The molecule has 5 heteroatoms. The molecule has 24 heavy (non-hydrogen) atoms. The van der Waals surface area contributed by atoms with Gasteiger partial charge in [-0.05, 0) is 51.0 Å². The van der Waals surface area contributed by atoms with E-state index in [9.17, 15) is 9.59 Å². The number of likely N-dealkylation sites (N-methyl/N-ethyl adjacent to an activating group) is 1. The molecule has 0 fully saturated rings. The van der Waals surface area contributed by atoms with Gasteiger partial charge in [0.15, 0.2) is 0 Å². The maximum atomic E-state index is 12.5. The molecule has 1 aromatic carbocycles. The molecule has 0 unspecified atom stereocenters. The van der Waals surface area contributed by atoms with Crippen LogP contribution < -0.4 is 5.32 Å². The molecule has 1 N–H and O–H groups in total. The molecule has 0 saturated carbocycles. The maximum Gasteiger partial charge on any atom is 0.253 e. The summed E-state index contributed by atoms with van der Waals surface area (Å²) in [5.41, 5.74) is 1.54. The van der Waals surface area contributed by atoms with Crippen molar-refractivity contribution in [2.75, 3.05) is 38.0 Å². The zero-order chi connectivity index (χ0) is 17.9. The molecule has 134 valence electrons. The van der Waals surface area contributed by atoms with Gasteiger partial charge in [0, 0.05) is 37.4 Å². The monoisotopic (exact) mass is 333 g/mol. The van der Waals surface area contributed by atoms with Gasteiger partial charge < -0.3 is 15.1 Å². The molecule has 0 radical (unpaired) electrons. The Hall–Kier alpha value is -2.04. The lowest BCUT2D eigenvalue weighted by atomic mass is 10.1. The standard InChI is InChI=1S/C19H31N3O2/c1-5-13-22(14-6-2)19(24)16-9-11-17(12-10-16)20-15-18(23)21(7-3)8-4/h9-12,20H,5-8,13-15H2,1-4H3. The van der Waals surface area contributed by atoms with Crippen molar-refractivity contribution < 1.29 is 9.59 Å². The van der Waals surface area contributed by atoms with Crippen molar-refractivity contribution in [3.8, 4) is 0 Å². The van der Waals surface area contributed by atoms with Crippen molar-refractivity contribution in [3.05, 3.63) is 29.8 Å². The summed E-state index contributed by atoms with van der Waals surface area (Å²) in [5, 5.41) is 3.12. The van der Waals surface area contributed by atoms with Gasteiger partial charge in [-0.1, -0.05) is 13.8 Å². The van der Waals surface area contributed by atoms with Crippen LogP contribution in [-0.4, -0.2) is 54.3 Å². The second kappa shape index (κ2) is 10.7. The summed E-state index contributed by atoms with van der Waals surface area (Å²) in [6.45, 7) is 11.4. The summed E-state index contributed by atoms with van der Waals surface area (Å²) < 4.78 is 0. The van der Waals surface area contributed by atoms with Gasteiger partial charge in [0.1, 0.15) is 0 Å². The van der Waals surface area contributed by atoms with Gasteiger partial charge in [0.05, 0.1) is 6.54 Å². The predicted octanol–water partition coefficient (Wildman–Crippen LogP) is 3.23. The zero-order valence-electron chi connectivity index (χ0n) is 15.5. The van der Waals surface area contributed by atoms with E-state index in [0.29, 0.717) is 5.56 Å². The van der Waals surface area contributed by atoms with E-state index in [1.54, 1.807) is 4.90 Å². The SMILES string of the molecule is CCCN(CCC)C(=O)c1ccc(NCC(=O)N(CC)CC)cc1. The van der Waals surface area contributed by atoms with Crippen LogP contribution in [0.5, 0.6) is 0 Å². The summed E-state index contributed by atoms with van der Waals surface area (Å²) >= 11 is 0. The highest BCUT2D eigenvalue weighted by atomic mass is 16.2. The van der Waals surface area contributed by atoms with E-state index in [0.717, 1.165) is 44.7 Å². The largest absolute Gasteiger partial charge is 0.376 e. The van der Waals surface area contributed by atoms with Crippen molar-refractivity contribution in [2.24, 2.45) is 0 Å². The lowest BCUT2D eigenvalue weighted by molar-refractivity contribution is -0.128. The first kappa shape index (κ1) is 20.0. The zero-order valence-corrected chi connectivity index (χ0v) is 15.5. The number of hydrogen-bond donors (Lipinski definition) is 1. The van der Waals surface area contributed by atoms with Gasteiger partial charge in [-0.15, -0.1) is 0 Å². The van der Waals surface area contributed by atoms with E-state index in [2.05, 4.69) is 19.2 Å². The molecule has 2 amide bonds. The fraction of sp³-hybridized carbons (Fsp3) is 0.579. The molecule has 0 saturated heterocycles. The van der Waals surface area contributed by atoms with E-state index in [1.807, 2.05) is 43.0 Å². The fourth-order valence-corrected chi connectivity index (χ4v) is 2.63. The first-order valence-corrected chi connectivity index (χ1v) is 8.98. The first-order valence-electron chi connectivity index (χ1n) is 8.98. The highest BCUT2D eigenvalue weighted by molar-refractivity contribution is 5.94. The molecule has 1 rings (SSSR count). The van der Waals surface area contributed by atoms with E-state index in [-0.39, 0.29) is 18.4 Å². The second-order valence-electron chi connectivity index (χ2n) is 5.79. The Labute approximate surface area is 146 Å². The summed E-state index contributed by atoms with van der Waals surface area (Å²) in [6.07, 6.45) is 1.91. The fourth-order valence-electron chi connectivity index (χ4n) is 2.63. The number of carbonyl (C=O) groups is 2. The quantitative estimate of drug-likeness (QED) is 0.715. The maximum absolute atomic E-state index is 12.5. The number of carbonyl (C=O) groups excluding carboxylic acids is 2. The highest BCUT2D eigenvalue weighted by Gasteiger charge is 2.14. The van der Waals surface area contributed by atoms with Crippen molar-refractivity contribution in [1.82, 2.24) is 9.80 Å². The van der Waals surface area contributed by atoms with E-state index in [1.165, 1.54) is 0 Å². The highest BCUT2D eigenvalue weighted by Crippen LogP contribution is 2.12. The third kappa shape index (κ3) is 5.87. The van der Waals surface area contributed by atoms with Crippen LogP contribution >= 0.6 is 0 Å². The third-order valence-corrected chi connectivity index (χ3v) is 3.97. The lowest BCUT2D eigenvalue weighted by Gasteiger charge is -2.22. The number of hydrogen-bond acceptors (Lipinski definition) is 3. The smallest absolute Gasteiger partial charge is 0.253 e. The van der Waals surface area contributed by atoms with Crippen LogP contribution in [0.3, 0.4) is 0 Å². The Kier molecular flexibility index (Phi) is 8.90. The van der Waals surface area contributed by atoms with E-state index >= 15 is 0 Å². The van der Waals surface area contributed by atoms with Gasteiger partial charge >= 0.3 is 0 Å². The number of nitrogens with zero attached hydrogens (tertiary/aromatic N) is 2. The molecule has 0 aliphatic heterocycles. The molecule has 0 bridgehead atoms. The molecular weight excluding hydrogens is 302 g/mol. The lowest BCUT2D eigenvalue weighted by Crippen LogP contribution is -2.35. The molecule has 0 aliphatic carbocycles. The number of amides is 2. The Balaban J connectivity index is 2.65. The number of benzene rings is 1. The van der Waals surface area contributed by atoms with Crippen LogP contribution in [0.1, 0.15) is 50.9 Å². The first-order chi connectivity index (χ1) is 11.6. The molecule has 0 aromatic heterocycles. The van der Waals surface area contributed by atoms with Crippen LogP contribution in [0.25, 0.3) is 0 Å². The van der Waals surface area contributed by atoms with Gasteiger partial charge in [-0.25, -0.2) is 0 Å². The Bertz CT molecular complexity index is 504. The minimum Gasteiger partial charge on any atom is -0.376 e. The van der Waals surface area contributed by atoms with Crippen LogP contribution in [0.15, 0.2) is 24.3 Å². The molecule has 1 aromatic rings. The minimum absolute atomic E-state index is 0.0736. The van der Waals surface area contributed by atoms with Crippen molar-refractivity contribution in [2.45, 2.75) is 40.5 Å². The van der Waals surface area contributed by atoms with E-state index in [4.69, 9.17) is 0 Å². The molecule has 0 spiro atoms. The number of rotatable bonds is 10. The number of anilines is 1. The Morgan fingerprint density at radius 2 is 1.42 bits per heavy atom. The Morgan fingerprint density at radius 1 is 0.875 bits per heavy atom. The Morgan fingerprint density at radius 3 is 1.88 bits per heavy atom. The van der Waals surface area contributed by atoms with Crippen LogP contribution in [0.2, 0.25) is 0 Å². The number of nitrogens with one attached hydrogen (secondary N) is 1. The summed E-state index contributed by atoms with van der Waals surface area (Å²) in [7, 11) is 0. The third-order valence-electron chi connectivity index (χ3n) is 3.97. The molecule has 0 atom stereocenters. The van der Waals surface area contributed by atoms with Crippen LogP contribution in [-0.2, 0) is 4.79 Å².